The molecule has 1 saturated carbocycles. The number of benzene rings is 1. The van der Waals surface area contributed by atoms with Crippen LogP contribution in [0.25, 0.3) is 0 Å². The van der Waals surface area contributed by atoms with E-state index in [1.165, 1.54) is 9.80 Å². The molecular weight excluding hydrogens is 321 g/mol. The number of carbonyl (C=O) groups is 2. The molecule has 0 aromatic heterocycles. The topological polar surface area (TPSA) is 40.6 Å². The Bertz CT molecular complexity index is 659. The summed E-state index contributed by atoms with van der Waals surface area (Å²) >= 11 is 0. The zero-order chi connectivity index (χ0) is 17.5. The molecule has 1 aromatic rings. The van der Waals surface area contributed by atoms with Crippen LogP contribution in [0.5, 0.6) is 0 Å². The second-order valence-corrected chi connectivity index (χ2v) is 6.40. The second-order valence-electron chi connectivity index (χ2n) is 6.40. The van der Waals surface area contributed by atoms with E-state index in [9.17, 15) is 22.8 Å². The van der Waals surface area contributed by atoms with E-state index in [1.54, 1.807) is 31.3 Å². The van der Waals surface area contributed by atoms with Crippen LogP contribution in [0.4, 0.5) is 24.5 Å². The number of hydrogen-bond donors (Lipinski definition) is 0. The summed E-state index contributed by atoms with van der Waals surface area (Å²) < 4.78 is 39.9. The van der Waals surface area contributed by atoms with Gasteiger partial charge in [-0.1, -0.05) is 25.0 Å². The number of rotatable bonds is 1. The lowest BCUT2D eigenvalue weighted by Crippen LogP contribution is -2.51. The molecule has 3 rings (SSSR count). The fourth-order valence-corrected chi connectivity index (χ4v) is 3.65. The number of alkyl halides is 3. The molecule has 1 fully saturated rings. The third-order valence-corrected chi connectivity index (χ3v) is 4.97. The SMILES string of the molecule is CN1C(=O)CN(C(=O)C2CCCCC2C(F)(F)F)c2ccccc21. The highest BCUT2D eigenvalue weighted by Crippen LogP contribution is 2.43. The van der Waals surface area contributed by atoms with E-state index in [0.717, 1.165) is 0 Å². The first-order valence-electron chi connectivity index (χ1n) is 8.04. The second kappa shape index (κ2) is 6.11. The average molecular weight is 340 g/mol. The number of para-hydroxylation sites is 2. The van der Waals surface area contributed by atoms with Crippen LogP contribution < -0.4 is 9.80 Å². The predicted octanol–water partition coefficient (Wildman–Crippen LogP) is 3.36. The van der Waals surface area contributed by atoms with Crippen molar-refractivity contribution in [2.75, 3.05) is 23.4 Å². The standard InChI is InChI=1S/C17H19F3N2O2/c1-21-13-8-4-5-9-14(13)22(10-15(21)23)16(24)11-6-2-3-7-12(11)17(18,19)20/h4-5,8-9,11-12H,2-3,6-7,10H2,1H3. The molecule has 7 heteroatoms. The van der Waals surface area contributed by atoms with E-state index < -0.39 is 23.9 Å². The van der Waals surface area contributed by atoms with E-state index in [4.69, 9.17) is 0 Å². The number of carbonyl (C=O) groups excluding carboxylic acids is 2. The summed E-state index contributed by atoms with van der Waals surface area (Å²) in [5.41, 5.74) is 1.04. The average Bonchev–Trinajstić information content (AvgIpc) is 2.57. The summed E-state index contributed by atoms with van der Waals surface area (Å²) in [7, 11) is 1.60. The van der Waals surface area contributed by atoms with Gasteiger partial charge < -0.3 is 9.80 Å². The van der Waals surface area contributed by atoms with Gasteiger partial charge in [-0.05, 0) is 25.0 Å². The van der Waals surface area contributed by atoms with Gasteiger partial charge in [0.25, 0.3) is 0 Å². The maximum Gasteiger partial charge on any atom is 0.392 e. The summed E-state index contributed by atoms with van der Waals surface area (Å²) in [4.78, 5) is 27.7. The Morgan fingerprint density at radius 3 is 2.42 bits per heavy atom. The molecule has 4 nitrogen and oxygen atoms in total. The van der Waals surface area contributed by atoms with E-state index in [2.05, 4.69) is 0 Å². The number of hydrogen-bond acceptors (Lipinski definition) is 2. The molecule has 1 heterocycles. The molecule has 2 unspecified atom stereocenters. The van der Waals surface area contributed by atoms with Crippen molar-refractivity contribution < 1.29 is 22.8 Å². The molecule has 0 saturated heterocycles. The highest BCUT2D eigenvalue weighted by atomic mass is 19.4. The molecule has 24 heavy (non-hydrogen) atoms. The van der Waals surface area contributed by atoms with Gasteiger partial charge in [0.1, 0.15) is 6.54 Å². The molecule has 2 aliphatic rings. The van der Waals surface area contributed by atoms with Gasteiger partial charge in [-0.25, -0.2) is 0 Å². The van der Waals surface area contributed by atoms with E-state index >= 15 is 0 Å². The van der Waals surface area contributed by atoms with Crippen molar-refractivity contribution in [2.45, 2.75) is 31.9 Å². The third kappa shape index (κ3) is 2.87. The van der Waals surface area contributed by atoms with Crippen molar-refractivity contribution in [1.29, 1.82) is 0 Å². The highest BCUT2D eigenvalue weighted by molar-refractivity contribution is 6.11. The summed E-state index contributed by atoms with van der Waals surface area (Å²) in [5, 5.41) is 0. The molecule has 2 atom stereocenters. The smallest absolute Gasteiger partial charge is 0.312 e. The first kappa shape index (κ1) is 16.8. The van der Waals surface area contributed by atoms with Gasteiger partial charge in [-0.2, -0.15) is 13.2 Å². The Morgan fingerprint density at radius 2 is 1.75 bits per heavy atom. The number of amides is 2. The van der Waals surface area contributed by atoms with Crippen LogP contribution in [-0.2, 0) is 9.59 Å². The minimum absolute atomic E-state index is 0.0246. The molecule has 0 radical (unpaired) electrons. The molecular formula is C17H19F3N2O2. The van der Waals surface area contributed by atoms with Crippen molar-refractivity contribution in [3.8, 4) is 0 Å². The Kier molecular flexibility index (Phi) is 4.27. The fourth-order valence-electron chi connectivity index (χ4n) is 3.65. The quantitative estimate of drug-likeness (QED) is 0.786. The van der Waals surface area contributed by atoms with E-state index in [1.807, 2.05) is 0 Å². The van der Waals surface area contributed by atoms with E-state index in [0.29, 0.717) is 24.2 Å². The van der Waals surface area contributed by atoms with Crippen LogP contribution in [0.3, 0.4) is 0 Å². The molecule has 0 spiro atoms. The van der Waals surface area contributed by atoms with Crippen molar-refractivity contribution in [2.24, 2.45) is 11.8 Å². The van der Waals surface area contributed by atoms with Crippen molar-refractivity contribution in [1.82, 2.24) is 0 Å². The zero-order valence-electron chi connectivity index (χ0n) is 13.3. The first-order chi connectivity index (χ1) is 11.3. The van der Waals surface area contributed by atoms with Crippen molar-refractivity contribution >= 4 is 23.2 Å². The van der Waals surface area contributed by atoms with Crippen LogP contribution >= 0.6 is 0 Å². The van der Waals surface area contributed by atoms with Gasteiger partial charge in [0.05, 0.1) is 17.3 Å². The lowest BCUT2D eigenvalue weighted by atomic mass is 9.77. The normalized spacial score (nSPS) is 24.8. The predicted molar refractivity (Wildman–Crippen MR) is 83.7 cm³/mol. The van der Waals surface area contributed by atoms with Crippen LogP contribution in [0, 0.1) is 11.8 Å². The van der Waals surface area contributed by atoms with Gasteiger partial charge in [0, 0.05) is 13.0 Å². The summed E-state index contributed by atoms with van der Waals surface area (Å²) in [6, 6.07) is 6.80. The van der Waals surface area contributed by atoms with Gasteiger partial charge in [-0.3, -0.25) is 9.59 Å². The Hall–Kier alpha value is -2.05. The number of nitrogens with zero attached hydrogens (tertiary/aromatic N) is 2. The maximum atomic E-state index is 13.3. The minimum atomic E-state index is -4.39. The number of anilines is 2. The summed E-state index contributed by atoms with van der Waals surface area (Å²) in [6.45, 7) is -0.215. The number of likely N-dealkylation sites (N-methyl/N-ethyl adjacent to an activating group) is 1. The Labute approximate surface area is 138 Å². The van der Waals surface area contributed by atoms with Gasteiger partial charge in [0.15, 0.2) is 0 Å². The largest absolute Gasteiger partial charge is 0.392 e. The van der Waals surface area contributed by atoms with Crippen LogP contribution in [0.1, 0.15) is 25.7 Å². The molecule has 1 aliphatic carbocycles. The van der Waals surface area contributed by atoms with Gasteiger partial charge in [0.2, 0.25) is 11.8 Å². The van der Waals surface area contributed by atoms with Crippen LogP contribution in [0.2, 0.25) is 0 Å². The molecule has 0 bridgehead atoms. The molecule has 1 aliphatic heterocycles. The zero-order valence-corrected chi connectivity index (χ0v) is 13.3. The third-order valence-electron chi connectivity index (χ3n) is 4.97. The first-order valence-corrected chi connectivity index (χ1v) is 8.04. The molecule has 130 valence electrons. The minimum Gasteiger partial charge on any atom is -0.312 e. The lowest BCUT2D eigenvalue weighted by Gasteiger charge is -2.39. The maximum absolute atomic E-state index is 13.3. The summed E-state index contributed by atoms with van der Waals surface area (Å²) in [6.07, 6.45) is -3.12. The van der Waals surface area contributed by atoms with Gasteiger partial charge >= 0.3 is 6.18 Å². The molecule has 2 amide bonds. The van der Waals surface area contributed by atoms with Crippen molar-refractivity contribution in [3.05, 3.63) is 24.3 Å². The number of halogens is 3. The monoisotopic (exact) mass is 340 g/mol. The molecule has 1 aromatic carbocycles. The van der Waals surface area contributed by atoms with Crippen LogP contribution in [0.15, 0.2) is 24.3 Å². The summed E-state index contributed by atoms with van der Waals surface area (Å²) in [5.74, 6) is -3.63. The fraction of sp³-hybridized carbons (Fsp3) is 0.529. The van der Waals surface area contributed by atoms with Gasteiger partial charge in [-0.15, -0.1) is 0 Å². The lowest BCUT2D eigenvalue weighted by molar-refractivity contribution is -0.197. The Balaban J connectivity index is 1.94. The van der Waals surface area contributed by atoms with Crippen LogP contribution in [-0.4, -0.2) is 31.6 Å². The Morgan fingerprint density at radius 1 is 1.12 bits per heavy atom. The van der Waals surface area contributed by atoms with Crippen molar-refractivity contribution in [3.63, 3.8) is 0 Å². The van der Waals surface area contributed by atoms with E-state index in [-0.39, 0.29) is 25.3 Å². The molecule has 0 N–H and O–H groups in total. The number of fused-ring (bicyclic) bond motifs is 1. The highest BCUT2D eigenvalue weighted by Gasteiger charge is 2.49.